The first-order valence-electron chi connectivity index (χ1n) is 7.21. The van der Waals surface area contributed by atoms with E-state index < -0.39 is 60.2 Å². The van der Waals surface area contributed by atoms with Crippen molar-refractivity contribution in [2.24, 2.45) is 5.73 Å². The average molecular weight is 378 g/mol. The zero-order chi connectivity index (χ0) is 19.7. The molecule has 11 nitrogen and oxygen atoms in total. The minimum Gasteiger partial charge on any atom is -0.481 e. The van der Waals surface area contributed by atoms with Crippen molar-refractivity contribution >= 4 is 42.3 Å². The van der Waals surface area contributed by atoms with E-state index in [-0.39, 0.29) is 5.75 Å². The van der Waals surface area contributed by atoms with Crippen LogP contribution in [0, 0.1) is 0 Å². The lowest BCUT2D eigenvalue weighted by atomic mass is 10.1. The van der Waals surface area contributed by atoms with Gasteiger partial charge in [-0.15, -0.1) is 0 Å². The summed E-state index contributed by atoms with van der Waals surface area (Å²) in [6.45, 7) is 2.50. The lowest BCUT2D eigenvalue weighted by Crippen LogP contribution is -2.56. The quantitative estimate of drug-likeness (QED) is 0.200. The summed E-state index contributed by atoms with van der Waals surface area (Å²) in [4.78, 5) is 57.2. The molecule has 0 bridgehead atoms. The van der Waals surface area contributed by atoms with Gasteiger partial charge < -0.3 is 31.9 Å². The smallest absolute Gasteiger partial charge is 0.325 e. The number of carboxylic acids is 2. The first-order chi connectivity index (χ1) is 11.5. The van der Waals surface area contributed by atoms with Crippen LogP contribution in [0.3, 0.4) is 0 Å². The van der Waals surface area contributed by atoms with Crippen molar-refractivity contribution in [3.63, 3.8) is 0 Å². The third-order valence-electron chi connectivity index (χ3n) is 3.03. The summed E-state index contributed by atoms with van der Waals surface area (Å²) in [5.41, 5.74) is 5.45. The Balaban J connectivity index is 4.92. The number of amides is 3. The third kappa shape index (κ3) is 8.35. The van der Waals surface area contributed by atoms with Crippen molar-refractivity contribution in [1.29, 1.82) is 0 Å². The Hall–Kier alpha value is -2.34. The van der Waals surface area contributed by atoms with Crippen LogP contribution < -0.4 is 21.7 Å². The fraction of sp³-hybridized carbons (Fsp3) is 0.615. The lowest BCUT2D eigenvalue weighted by Gasteiger charge is -2.21. The molecule has 0 aliphatic heterocycles. The molecule has 0 fully saturated rings. The van der Waals surface area contributed by atoms with Crippen molar-refractivity contribution in [2.45, 2.75) is 44.4 Å². The predicted octanol–water partition coefficient (Wildman–Crippen LogP) is -2.70. The zero-order valence-electron chi connectivity index (χ0n) is 13.7. The number of aliphatic carboxylic acids is 2. The third-order valence-corrected chi connectivity index (χ3v) is 3.42. The second-order valence-electron chi connectivity index (χ2n) is 5.25. The number of hydrogen-bond acceptors (Lipinski definition) is 7. The van der Waals surface area contributed by atoms with Crippen molar-refractivity contribution in [1.82, 2.24) is 16.0 Å². The van der Waals surface area contributed by atoms with Gasteiger partial charge in [0.1, 0.15) is 18.1 Å². The molecule has 25 heavy (non-hydrogen) atoms. The fourth-order valence-corrected chi connectivity index (χ4v) is 1.69. The van der Waals surface area contributed by atoms with Gasteiger partial charge in [-0.05, 0) is 13.8 Å². The van der Waals surface area contributed by atoms with Crippen LogP contribution in [-0.2, 0) is 24.0 Å². The summed E-state index contributed by atoms with van der Waals surface area (Å²) in [5.74, 6) is -5.10. The number of carbonyl (C=O) groups is 5. The van der Waals surface area contributed by atoms with E-state index in [1.54, 1.807) is 0 Å². The lowest BCUT2D eigenvalue weighted by molar-refractivity contribution is -0.143. The normalized spacial score (nSPS) is 15.2. The molecular weight excluding hydrogens is 356 g/mol. The Bertz CT molecular complexity index is 542. The highest BCUT2D eigenvalue weighted by molar-refractivity contribution is 7.80. The molecule has 0 aromatic heterocycles. The van der Waals surface area contributed by atoms with Gasteiger partial charge in [-0.3, -0.25) is 24.0 Å². The van der Waals surface area contributed by atoms with Crippen LogP contribution in [0.1, 0.15) is 20.3 Å². The van der Waals surface area contributed by atoms with E-state index in [1.165, 1.54) is 13.8 Å². The van der Waals surface area contributed by atoms with Gasteiger partial charge in [0.15, 0.2) is 0 Å². The van der Waals surface area contributed by atoms with Gasteiger partial charge in [-0.25, -0.2) is 0 Å². The molecule has 4 atom stereocenters. The van der Waals surface area contributed by atoms with Gasteiger partial charge in [0.2, 0.25) is 17.7 Å². The predicted molar refractivity (Wildman–Crippen MR) is 88.9 cm³/mol. The first-order valence-corrected chi connectivity index (χ1v) is 7.85. The van der Waals surface area contributed by atoms with E-state index in [4.69, 9.17) is 15.9 Å². The van der Waals surface area contributed by atoms with E-state index in [1.807, 2.05) is 0 Å². The average Bonchev–Trinajstić information content (AvgIpc) is 2.52. The Morgan fingerprint density at radius 1 is 0.920 bits per heavy atom. The molecule has 3 amide bonds. The number of thiol groups is 1. The summed E-state index contributed by atoms with van der Waals surface area (Å²) < 4.78 is 0. The maximum absolute atomic E-state index is 12.0. The molecule has 0 aromatic rings. The molecule has 4 unspecified atom stereocenters. The van der Waals surface area contributed by atoms with Crippen molar-refractivity contribution in [3.8, 4) is 0 Å². The molecule has 0 rings (SSSR count). The topological polar surface area (TPSA) is 188 Å². The maximum atomic E-state index is 12.0. The number of carboxylic acid groups (broad SMARTS) is 2. The molecule has 12 heteroatoms. The maximum Gasteiger partial charge on any atom is 0.325 e. The first kappa shape index (κ1) is 22.7. The highest BCUT2D eigenvalue weighted by atomic mass is 32.1. The molecule has 0 saturated carbocycles. The number of nitrogens with two attached hydrogens (primary N) is 1. The van der Waals surface area contributed by atoms with Crippen LogP contribution in [0.25, 0.3) is 0 Å². The van der Waals surface area contributed by atoms with Crippen molar-refractivity contribution in [3.05, 3.63) is 0 Å². The van der Waals surface area contributed by atoms with Crippen LogP contribution in [0.5, 0.6) is 0 Å². The zero-order valence-corrected chi connectivity index (χ0v) is 14.6. The highest BCUT2D eigenvalue weighted by Gasteiger charge is 2.28. The fourth-order valence-electron chi connectivity index (χ4n) is 1.53. The second kappa shape index (κ2) is 10.5. The van der Waals surface area contributed by atoms with Crippen molar-refractivity contribution in [2.75, 3.05) is 5.75 Å². The van der Waals surface area contributed by atoms with Gasteiger partial charge in [0, 0.05) is 5.75 Å². The standard InChI is InChI=1S/C13H22N4O7S/c1-5(15-11(21)7(14)4-25)10(20)17-8(3-9(18)19)12(22)16-6(2)13(23)24/h5-8,25H,3-4,14H2,1-2H3,(H,15,21)(H,16,22)(H,17,20)(H,18,19)(H,23,24). The molecule has 0 radical (unpaired) electrons. The number of nitrogens with one attached hydrogen (secondary N) is 3. The number of hydrogen-bond donors (Lipinski definition) is 7. The molecule has 0 spiro atoms. The summed E-state index contributed by atoms with van der Waals surface area (Å²) in [6.07, 6.45) is -0.763. The molecule has 0 aliphatic carbocycles. The van der Waals surface area contributed by atoms with Gasteiger partial charge in [0.05, 0.1) is 12.5 Å². The van der Waals surface area contributed by atoms with Crippen LogP contribution in [0.2, 0.25) is 0 Å². The van der Waals surface area contributed by atoms with E-state index in [0.717, 1.165) is 0 Å². The number of rotatable bonds is 10. The molecule has 0 heterocycles. The van der Waals surface area contributed by atoms with Gasteiger partial charge in [0.25, 0.3) is 0 Å². The minimum absolute atomic E-state index is 0.0529. The monoisotopic (exact) mass is 378 g/mol. The van der Waals surface area contributed by atoms with E-state index in [9.17, 15) is 24.0 Å². The number of carbonyl (C=O) groups excluding carboxylic acids is 3. The second-order valence-corrected chi connectivity index (χ2v) is 5.61. The van der Waals surface area contributed by atoms with E-state index >= 15 is 0 Å². The minimum atomic E-state index is -1.51. The molecule has 7 N–H and O–H groups in total. The molecule has 0 aliphatic rings. The van der Waals surface area contributed by atoms with Crippen molar-refractivity contribution < 1.29 is 34.2 Å². The van der Waals surface area contributed by atoms with E-state index in [0.29, 0.717) is 0 Å². The van der Waals surface area contributed by atoms with Gasteiger partial charge in [-0.2, -0.15) is 12.6 Å². The molecule has 0 aromatic carbocycles. The Labute approximate surface area is 149 Å². The SMILES string of the molecule is CC(NC(=O)C(CC(=O)O)NC(=O)C(C)NC(=O)C(N)CS)C(=O)O. The van der Waals surface area contributed by atoms with Gasteiger partial charge >= 0.3 is 11.9 Å². The summed E-state index contributed by atoms with van der Waals surface area (Å²) in [5, 5.41) is 24.1. The van der Waals surface area contributed by atoms with Crippen LogP contribution >= 0.6 is 12.6 Å². The Kier molecular flexibility index (Phi) is 9.53. The summed E-state index contributed by atoms with van der Waals surface area (Å²) in [6, 6.07) is -4.82. The van der Waals surface area contributed by atoms with Crippen LogP contribution in [-0.4, -0.2) is 69.8 Å². The van der Waals surface area contributed by atoms with Gasteiger partial charge in [-0.1, -0.05) is 0 Å². The van der Waals surface area contributed by atoms with Crippen LogP contribution in [0.4, 0.5) is 0 Å². The van der Waals surface area contributed by atoms with Crippen LogP contribution in [0.15, 0.2) is 0 Å². The molecule has 0 saturated heterocycles. The highest BCUT2D eigenvalue weighted by Crippen LogP contribution is 1.97. The summed E-state index contributed by atoms with van der Waals surface area (Å²) in [7, 11) is 0. The Morgan fingerprint density at radius 3 is 1.88 bits per heavy atom. The molecule has 142 valence electrons. The largest absolute Gasteiger partial charge is 0.481 e. The van der Waals surface area contributed by atoms with E-state index in [2.05, 4.69) is 28.6 Å². The summed E-state index contributed by atoms with van der Waals surface area (Å²) >= 11 is 3.84. The Morgan fingerprint density at radius 2 is 1.44 bits per heavy atom. The molecular formula is C13H22N4O7S.